The summed E-state index contributed by atoms with van der Waals surface area (Å²) in [5.74, 6) is -0.263. The van der Waals surface area contributed by atoms with Crippen LogP contribution in [0.15, 0.2) is 0 Å². The predicted octanol–water partition coefficient (Wildman–Crippen LogP) is 2.07. The maximum Gasteiger partial charge on any atom is 0.326 e. The third-order valence-corrected chi connectivity index (χ3v) is 3.81. The van der Waals surface area contributed by atoms with Crippen LogP contribution in [0.25, 0.3) is 0 Å². The lowest BCUT2D eigenvalue weighted by molar-refractivity contribution is -0.141. The van der Waals surface area contributed by atoms with E-state index in [0.717, 1.165) is 12.3 Å². The van der Waals surface area contributed by atoms with Gasteiger partial charge in [-0.25, -0.2) is 9.59 Å². The Bertz CT molecular complexity index is 288. The van der Waals surface area contributed by atoms with Crippen molar-refractivity contribution >= 4 is 12.0 Å². The minimum Gasteiger partial charge on any atom is -0.480 e. The maximum absolute atomic E-state index is 11.7. The largest absolute Gasteiger partial charge is 0.480 e. The quantitative estimate of drug-likeness (QED) is 0.791. The van der Waals surface area contributed by atoms with Gasteiger partial charge in [0.2, 0.25) is 0 Å². The Balaban J connectivity index is 2.21. The van der Waals surface area contributed by atoms with Crippen LogP contribution in [0, 0.1) is 5.92 Å². The fraction of sp³-hybridized carbons (Fsp3) is 0.846. The van der Waals surface area contributed by atoms with Crippen molar-refractivity contribution in [2.24, 2.45) is 5.92 Å². The third-order valence-electron chi connectivity index (χ3n) is 3.81. The number of nitrogens with zero attached hydrogens (tertiary/aromatic N) is 1. The van der Waals surface area contributed by atoms with Gasteiger partial charge in [0.15, 0.2) is 0 Å². The van der Waals surface area contributed by atoms with Crippen LogP contribution in [0.5, 0.6) is 0 Å². The molecular formula is C13H24N2O3. The van der Waals surface area contributed by atoms with Crippen LogP contribution in [-0.4, -0.2) is 41.6 Å². The highest BCUT2D eigenvalue weighted by molar-refractivity contribution is 5.82. The van der Waals surface area contributed by atoms with E-state index in [1.807, 2.05) is 0 Å². The number of aliphatic carboxylic acids is 1. The van der Waals surface area contributed by atoms with Gasteiger partial charge in [0.05, 0.1) is 0 Å². The van der Waals surface area contributed by atoms with Crippen molar-refractivity contribution in [2.75, 3.05) is 13.6 Å². The second-order valence-electron chi connectivity index (χ2n) is 5.15. The second-order valence-corrected chi connectivity index (χ2v) is 5.15. The fourth-order valence-corrected chi connectivity index (χ4v) is 2.33. The number of rotatable bonds is 5. The van der Waals surface area contributed by atoms with Gasteiger partial charge in [0, 0.05) is 13.6 Å². The lowest BCUT2D eigenvalue weighted by atomic mass is 9.87. The van der Waals surface area contributed by atoms with E-state index in [1.54, 1.807) is 0 Å². The lowest BCUT2D eigenvalue weighted by Crippen LogP contribution is -2.46. The summed E-state index contributed by atoms with van der Waals surface area (Å²) in [5, 5.41) is 11.6. The van der Waals surface area contributed by atoms with Crippen molar-refractivity contribution in [1.29, 1.82) is 0 Å². The Kier molecular flexibility index (Phi) is 5.95. The van der Waals surface area contributed by atoms with Crippen LogP contribution in [0.3, 0.4) is 0 Å². The van der Waals surface area contributed by atoms with Gasteiger partial charge in [-0.3, -0.25) is 0 Å². The van der Waals surface area contributed by atoms with E-state index >= 15 is 0 Å². The van der Waals surface area contributed by atoms with E-state index in [0.29, 0.717) is 6.54 Å². The number of carboxylic acid groups (broad SMARTS) is 1. The number of carboxylic acids is 1. The van der Waals surface area contributed by atoms with E-state index in [2.05, 4.69) is 5.32 Å². The van der Waals surface area contributed by atoms with Crippen molar-refractivity contribution in [2.45, 2.75) is 51.5 Å². The molecule has 0 aliphatic heterocycles. The monoisotopic (exact) mass is 256 g/mol. The molecule has 0 saturated heterocycles. The molecule has 5 nitrogen and oxygen atoms in total. The zero-order chi connectivity index (χ0) is 13.5. The standard InChI is InChI=1S/C13H24N2O3/c1-10(12(16)17)15(2)13(18)14-9-8-11-6-4-3-5-7-11/h10-11H,3-9H2,1-2H3,(H,14,18)(H,16,17). The summed E-state index contributed by atoms with van der Waals surface area (Å²) < 4.78 is 0. The number of likely N-dealkylation sites (N-methyl/N-ethyl adjacent to an activating group) is 1. The van der Waals surface area contributed by atoms with Gasteiger partial charge >= 0.3 is 12.0 Å². The first-order valence-electron chi connectivity index (χ1n) is 6.76. The van der Waals surface area contributed by atoms with Gasteiger partial charge in [-0.2, -0.15) is 0 Å². The number of amides is 2. The molecular weight excluding hydrogens is 232 g/mol. The number of hydrogen-bond acceptors (Lipinski definition) is 2. The number of carbonyl (C=O) groups is 2. The normalized spacial score (nSPS) is 18.1. The number of carbonyl (C=O) groups excluding carboxylic acids is 1. The molecule has 1 aliphatic carbocycles. The molecule has 1 unspecified atom stereocenters. The van der Waals surface area contributed by atoms with Crippen molar-refractivity contribution in [1.82, 2.24) is 10.2 Å². The number of urea groups is 1. The zero-order valence-electron chi connectivity index (χ0n) is 11.3. The van der Waals surface area contributed by atoms with Crippen LogP contribution in [0.1, 0.15) is 45.4 Å². The minimum absolute atomic E-state index is 0.305. The molecule has 0 heterocycles. The molecule has 104 valence electrons. The molecule has 0 aromatic heterocycles. The Morgan fingerprint density at radius 2 is 1.94 bits per heavy atom. The molecule has 1 aliphatic rings. The maximum atomic E-state index is 11.7. The minimum atomic E-state index is -0.986. The van der Waals surface area contributed by atoms with Crippen molar-refractivity contribution < 1.29 is 14.7 Å². The first-order chi connectivity index (χ1) is 8.52. The lowest BCUT2D eigenvalue weighted by Gasteiger charge is -2.24. The molecule has 0 radical (unpaired) electrons. The summed E-state index contributed by atoms with van der Waals surface area (Å²) in [5.41, 5.74) is 0. The molecule has 0 aromatic carbocycles. The Labute approximate surface area is 109 Å². The van der Waals surface area contributed by atoms with Gasteiger partial charge in [-0.15, -0.1) is 0 Å². The highest BCUT2D eigenvalue weighted by Gasteiger charge is 2.21. The van der Waals surface area contributed by atoms with Gasteiger partial charge in [-0.05, 0) is 19.3 Å². The molecule has 1 rings (SSSR count). The highest BCUT2D eigenvalue weighted by atomic mass is 16.4. The SMILES string of the molecule is CC(C(=O)O)N(C)C(=O)NCCC1CCCCC1. The van der Waals surface area contributed by atoms with E-state index < -0.39 is 12.0 Å². The molecule has 2 amide bonds. The average molecular weight is 256 g/mol. The Morgan fingerprint density at radius 3 is 2.50 bits per heavy atom. The topological polar surface area (TPSA) is 69.6 Å². The molecule has 1 atom stereocenters. The molecule has 1 saturated carbocycles. The smallest absolute Gasteiger partial charge is 0.326 e. The first-order valence-corrected chi connectivity index (χ1v) is 6.76. The van der Waals surface area contributed by atoms with Gasteiger partial charge in [0.1, 0.15) is 6.04 Å². The van der Waals surface area contributed by atoms with E-state index in [1.165, 1.54) is 51.0 Å². The summed E-state index contributed by atoms with van der Waals surface area (Å²) in [6.07, 6.45) is 7.46. The van der Waals surface area contributed by atoms with Crippen LogP contribution in [-0.2, 0) is 4.79 Å². The molecule has 0 spiro atoms. The summed E-state index contributed by atoms with van der Waals surface area (Å²) in [6.45, 7) is 2.14. The summed E-state index contributed by atoms with van der Waals surface area (Å²) in [4.78, 5) is 23.7. The van der Waals surface area contributed by atoms with Crippen LogP contribution in [0.2, 0.25) is 0 Å². The summed E-state index contributed by atoms with van der Waals surface area (Å²) in [7, 11) is 1.51. The second kappa shape index (κ2) is 7.24. The Hall–Kier alpha value is -1.26. The molecule has 5 heteroatoms. The Morgan fingerprint density at radius 1 is 1.33 bits per heavy atom. The van der Waals surface area contributed by atoms with E-state index in [-0.39, 0.29) is 6.03 Å². The summed E-state index contributed by atoms with van der Waals surface area (Å²) >= 11 is 0. The van der Waals surface area contributed by atoms with E-state index in [9.17, 15) is 9.59 Å². The molecule has 2 N–H and O–H groups in total. The predicted molar refractivity (Wildman–Crippen MR) is 69.5 cm³/mol. The van der Waals surface area contributed by atoms with Crippen molar-refractivity contribution in [3.8, 4) is 0 Å². The number of nitrogens with one attached hydrogen (secondary N) is 1. The highest BCUT2D eigenvalue weighted by Crippen LogP contribution is 2.25. The van der Waals surface area contributed by atoms with Gasteiger partial charge < -0.3 is 15.3 Å². The van der Waals surface area contributed by atoms with Crippen LogP contribution >= 0.6 is 0 Å². The fourth-order valence-electron chi connectivity index (χ4n) is 2.33. The first kappa shape index (κ1) is 14.8. The molecule has 0 bridgehead atoms. The van der Waals surface area contributed by atoms with Gasteiger partial charge in [-0.1, -0.05) is 32.1 Å². The van der Waals surface area contributed by atoms with Crippen LogP contribution in [0.4, 0.5) is 4.79 Å². The molecule has 0 aromatic rings. The van der Waals surface area contributed by atoms with E-state index in [4.69, 9.17) is 5.11 Å². The van der Waals surface area contributed by atoms with Gasteiger partial charge in [0.25, 0.3) is 0 Å². The zero-order valence-corrected chi connectivity index (χ0v) is 11.3. The third kappa shape index (κ3) is 4.55. The molecule has 18 heavy (non-hydrogen) atoms. The number of hydrogen-bond donors (Lipinski definition) is 2. The van der Waals surface area contributed by atoms with Crippen LogP contribution < -0.4 is 5.32 Å². The van der Waals surface area contributed by atoms with Crippen molar-refractivity contribution in [3.63, 3.8) is 0 Å². The summed E-state index contributed by atoms with van der Waals surface area (Å²) in [6, 6.07) is -1.10. The average Bonchev–Trinajstić information content (AvgIpc) is 2.38. The molecule has 1 fully saturated rings. The van der Waals surface area contributed by atoms with Crippen molar-refractivity contribution in [3.05, 3.63) is 0 Å².